The Morgan fingerprint density at radius 3 is 2.54 bits per heavy atom. The number of aromatic nitrogens is 4. The van der Waals surface area contributed by atoms with Gasteiger partial charge in [-0.2, -0.15) is 23.4 Å². The van der Waals surface area contributed by atoms with Crippen LogP contribution in [0, 0.1) is 6.92 Å². The molecule has 0 radical (unpaired) electrons. The minimum absolute atomic E-state index is 0.328. The zero-order valence-electron chi connectivity index (χ0n) is 13.9. The summed E-state index contributed by atoms with van der Waals surface area (Å²) in [5.74, 6) is -0.0180. The van der Waals surface area contributed by atoms with Crippen LogP contribution in [0.15, 0.2) is 48.7 Å². The molecule has 2 heterocycles. The van der Waals surface area contributed by atoms with E-state index in [-0.39, 0.29) is 6.54 Å². The fourth-order valence-electron chi connectivity index (χ4n) is 2.45. The minimum atomic E-state index is -4.53. The zero-order valence-corrected chi connectivity index (χ0v) is 13.9. The average Bonchev–Trinajstić information content (AvgIpc) is 3.15. The third-order valence-electron chi connectivity index (χ3n) is 3.58. The van der Waals surface area contributed by atoms with Crippen LogP contribution in [0.25, 0.3) is 0 Å². The molecule has 0 aliphatic heterocycles. The molecule has 3 rings (SSSR count). The average molecular weight is 363 g/mol. The number of nitrogens with one attached hydrogen (secondary N) is 1. The summed E-state index contributed by atoms with van der Waals surface area (Å²) in [6.45, 7) is 1.93. The molecule has 2 aromatic heterocycles. The topological polar surface area (TPSA) is 64.7 Å². The van der Waals surface area contributed by atoms with Crippen molar-refractivity contribution in [2.24, 2.45) is 0 Å². The van der Waals surface area contributed by atoms with Crippen molar-refractivity contribution in [3.8, 4) is 0 Å². The van der Waals surface area contributed by atoms with Crippen LogP contribution in [0.3, 0.4) is 0 Å². The van der Waals surface area contributed by atoms with Crippen LogP contribution in [-0.2, 0) is 24.1 Å². The maximum absolute atomic E-state index is 12.6. The van der Waals surface area contributed by atoms with Gasteiger partial charge in [-0.15, -0.1) is 0 Å². The smallest absolute Gasteiger partial charge is 0.309 e. The molecular weight excluding hydrogens is 347 g/mol. The van der Waals surface area contributed by atoms with Crippen molar-refractivity contribution in [1.29, 1.82) is 0 Å². The molecule has 0 atom stereocenters. The van der Waals surface area contributed by atoms with Gasteiger partial charge in [0, 0.05) is 12.3 Å². The zero-order chi connectivity index (χ0) is 18.7. The van der Waals surface area contributed by atoms with Gasteiger partial charge in [0.1, 0.15) is 12.4 Å². The molecule has 3 aromatic rings. The lowest BCUT2D eigenvalue weighted by Gasteiger charge is -2.09. The predicted octanol–water partition coefficient (Wildman–Crippen LogP) is 3.09. The summed E-state index contributed by atoms with van der Waals surface area (Å²) in [7, 11) is 0. The van der Waals surface area contributed by atoms with Crippen LogP contribution in [0.5, 0.6) is 0 Å². The molecule has 1 amide bonds. The quantitative estimate of drug-likeness (QED) is 0.758. The fraction of sp³-hybridized carbons (Fsp3) is 0.235. The van der Waals surface area contributed by atoms with Crippen molar-refractivity contribution in [3.05, 3.63) is 65.6 Å². The number of hydrogen-bond donors (Lipinski definition) is 1. The van der Waals surface area contributed by atoms with E-state index >= 15 is 0 Å². The SMILES string of the molecule is Cc1cc(NC(=O)Cn2ccc(C(F)(F)F)n2)n(Cc2ccccc2)n1. The number of alkyl halides is 3. The number of benzene rings is 1. The lowest BCUT2D eigenvalue weighted by molar-refractivity contribution is -0.141. The van der Waals surface area contributed by atoms with Gasteiger partial charge in [0.15, 0.2) is 5.69 Å². The number of hydrogen-bond acceptors (Lipinski definition) is 3. The Hall–Kier alpha value is -3.10. The van der Waals surface area contributed by atoms with Crippen molar-refractivity contribution in [2.75, 3.05) is 5.32 Å². The second-order valence-electron chi connectivity index (χ2n) is 5.76. The summed E-state index contributed by atoms with van der Waals surface area (Å²) < 4.78 is 40.3. The number of nitrogens with zero attached hydrogens (tertiary/aromatic N) is 4. The van der Waals surface area contributed by atoms with E-state index in [4.69, 9.17) is 0 Å². The van der Waals surface area contributed by atoms with Crippen LogP contribution in [0.4, 0.5) is 19.0 Å². The van der Waals surface area contributed by atoms with Gasteiger partial charge in [-0.1, -0.05) is 30.3 Å². The van der Waals surface area contributed by atoms with Gasteiger partial charge in [0.2, 0.25) is 5.91 Å². The fourth-order valence-corrected chi connectivity index (χ4v) is 2.45. The van der Waals surface area contributed by atoms with Crippen molar-refractivity contribution in [1.82, 2.24) is 19.6 Å². The maximum atomic E-state index is 12.6. The van der Waals surface area contributed by atoms with Crippen molar-refractivity contribution in [2.45, 2.75) is 26.2 Å². The van der Waals surface area contributed by atoms with E-state index in [2.05, 4.69) is 15.5 Å². The molecule has 0 unspecified atom stereocenters. The molecule has 0 aliphatic carbocycles. The number of carbonyl (C=O) groups excluding carboxylic acids is 1. The first-order valence-corrected chi connectivity index (χ1v) is 7.80. The van der Waals surface area contributed by atoms with Crippen LogP contribution in [0.2, 0.25) is 0 Å². The first-order chi connectivity index (χ1) is 12.3. The van der Waals surface area contributed by atoms with Gasteiger partial charge in [0.25, 0.3) is 0 Å². The number of aryl methyl sites for hydroxylation is 1. The van der Waals surface area contributed by atoms with Gasteiger partial charge in [-0.3, -0.25) is 9.48 Å². The minimum Gasteiger partial charge on any atom is -0.309 e. The molecule has 136 valence electrons. The van der Waals surface area contributed by atoms with Crippen molar-refractivity contribution < 1.29 is 18.0 Å². The third kappa shape index (κ3) is 4.29. The van der Waals surface area contributed by atoms with E-state index < -0.39 is 17.8 Å². The van der Waals surface area contributed by atoms with Gasteiger partial charge in [-0.05, 0) is 18.6 Å². The standard InChI is InChI=1S/C17H16F3N5O/c1-12-9-15(25(22-12)10-13-5-3-2-4-6-13)21-16(26)11-24-8-7-14(23-24)17(18,19)20/h2-9H,10-11H2,1H3,(H,21,26). The molecule has 0 aliphatic rings. The molecule has 0 fully saturated rings. The molecular formula is C17H16F3N5O. The summed E-state index contributed by atoms with van der Waals surface area (Å²) >= 11 is 0. The third-order valence-corrected chi connectivity index (χ3v) is 3.58. The van der Waals surface area contributed by atoms with E-state index in [0.717, 1.165) is 28.2 Å². The molecule has 0 bridgehead atoms. The van der Waals surface area contributed by atoms with Crippen LogP contribution >= 0.6 is 0 Å². The Labute approximate surface area is 147 Å². The van der Waals surface area contributed by atoms with E-state index in [1.165, 1.54) is 0 Å². The Morgan fingerprint density at radius 1 is 1.15 bits per heavy atom. The van der Waals surface area contributed by atoms with Gasteiger partial charge >= 0.3 is 6.18 Å². The van der Waals surface area contributed by atoms with E-state index in [0.29, 0.717) is 12.4 Å². The van der Waals surface area contributed by atoms with E-state index in [9.17, 15) is 18.0 Å². The number of anilines is 1. The molecule has 0 spiro atoms. The largest absolute Gasteiger partial charge is 0.435 e. The van der Waals surface area contributed by atoms with Crippen LogP contribution < -0.4 is 5.32 Å². The summed E-state index contributed by atoms with van der Waals surface area (Å²) in [6.07, 6.45) is -3.41. The molecule has 6 nitrogen and oxygen atoms in total. The van der Waals surface area contributed by atoms with Crippen LogP contribution in [0.1, 0.15) is 17.0 Å². The summed E-state index contributed by atoms with van der Waals surface area (Å²) in [5, 5.41) is 10.4. The van der Waals surface area contributed by atoms with Gasteiger partial charge < -0.3 is 5.32 Å². The highest BCUT2D eigenvalue weighted by atomic mass is 19.4. The molecule has 1 N–H and O–H groups in total. The summed E-state index contributed by atoms with van der Waals surface area (Å²) in [4.78, 5) is 12.2. The first-order valence-electron chi connectivity index (χ1n) is 7.80. The molecule has 1 aromatic carbocycles. The maximum Gasteiger partial charge on any atom is 0.435 e. The highest BCUT2D eigenvalue weighted by Gasteiger charge is 2.33. The molecule has 0 saturated heterocycles. The number of rotatable bonds is 5. The lowest BCUT2D eigenvalue weighted by Crippen LogP contribution is -2.21. The number of carbonyl (C=O) groups is 1. The Kier molecular flexibility index (Phi) is 4.79. The highest BCUT2D eigenvalue weighted by molar-refractivity contribution is 5.89. The second kappa shape index (κ2) is 7.03. The normalized spacial score (nSPS) is 11.5. The van der Waals surface area contributed by atoms with E-state index in [1.54, 1.807) is 17.7 Å². The summed E-state index contributed by atoms with van der Waals surface area (Å²) in [6, 6.07) is 12.1. The summed E-state index contributed by atoms with van der Waals surface area (Å²) in [5.41, 5.74) is 0.693. The Balaban J connectivity index is 1.69. The van der Waals surface area contributed by atoms with E-state index in [1.807, 2.05) is 30.3 Å². The monoisotopic (exact) mass is 363 g/mol. The Morgan fingerprint density at radius 2 is 1.88 bits per heavy atom. The highest BCUT2D eigenvalue weighted by Crippen LogP contribution is 2.27. The Bertz CT molecular complexity index is 899. The van der Waals surface area contributed by atoms with Crippen LogP contribution in [-0.4, -0.2) is 25.5 Å². The van der Waals surface area contributed by atoms with Crippen molar-refractivity contribution in [3.63, 3.8) is 0 Å². The number of amides is 1. The first kappa shape index (κ1) is 17.7. The second-order valence-corrected chi connectivity index (χ2v) is 5.76. The molecule has 26 heavy (non-hydrogen) atoms. The molecule has 9 heteroatoms. The predicted molar refractivity (Wildman–Crippen MR) is 88.4 cm³/mol. The number of halogens is 3. The molecule has 0 saturated carbocycles. The van der Waals surface area contributed by atoms with Gasteiger partial charge in [0.05, 0.1) is 12.2 Å². The lowest BCUT2D eigenvalue weighted by atomic mass is 10.2. The van der Waals surface area contributed by atoms with Crippen molar-refractivity contribution >= 4 is 11.7 Å². The van der Waals surface area contributed by atoms with Gasteiger partial charge in [-0.25, -0.2) is 4.68 Å².